The average molecular weight is 400 g/mol. The van der Waals surface area contributed by atoms with E-state index in [0.717, 1.165) is 24.2 Å². The number of nitrogens with zero attached hydrogens (tertiary/aromatic N) is 3. The second-order valence-corrected chi connectivity index (χ2v) is 7.69. The number of cyclic esters (lactones) is 1. The van der Waals surface area contributed by atoms with E-state index >= 15 is 0 Å². The van der Waals surface area contributed by atoms with E-state index in [9.17, 15) is 19.2 Å². The Kier molecular flexibility index (Phi) is 4.89. The lowest BCUT2D eigenvalue weighted by atomic mass is 9.81. The molecule has 5 amide bonds. The van der Waals surface area contributed by atoms with Crippen LogP contribution in [-0.4, -0.2) is 66.0 Å². The van der Waals surface area contributed by atoms with Gasteiger partial charge in [-0.2, -0.15) is 0 Å². The number of nitrogens with one attached hydrogen (secondary N) is 1. The van der Waals surface area contributed by atoms with E-state index in [0.29, 0.717) is 37.4 Å². The van der Waals surface area contributed by atoms with Crippen molar-refractivity contribution in [2.75, 3.05) is 37.0 Å². The largest absolute Gasteiger partial charge is 0.447 e. The standard InChI is InChI=1S/C20H24N4O5/c1-22-18(27)24(17(26)20(22)8-3-2-4-9-20)13-16(25)21-14-6-5-7-15(12-14)23-10-11-29-19(23)28/h5-7,12H,2-4,8-11,13H2,1H3,(H,21,25). The number of ether oxygens (including phenoxy) is 1. The minimum atomic E-state index is -0.800. The van der Waals surface area contributed by atoms with Crippen molar-refractivity contribution >= 4 is 35.3 Å². The molecule has 1 N–H and O–H groups in total. The third-order valence-electron chi connectivity index (χ3n) is 5.99. The lowest BCUT2D eigenvalue weighted by Crippen LogP contribution is -2.49. The topological polar surface area (TPSA) is 99.3 Å². The van der Waals surface area contributed by atoms with Crippen molar-refractivity contribution in [3.8, 4) is 0 Å². The Hall–Kier alpha value is -3.10. The highest BCUT2D eigenvalue weighted by Crippen LogP contribution is 2.39. The molecule has 1 spiro atoms. The molecule has 154 valence electrons. The fourth-order valence-corrected chi connectivity index (χ4v) is 4.39. The molecule has 4 rings (SSSR count). The quantitative estimate of drug-likeness (QED) is 0.781. The predicted molar refractivity (Wildman–Crippen MR) is 104 cm³/mol. The molecule has 0 bridgehead atoms. The number of carbonyl (C=O) groups excluding carboxylic acids is 4. The Morgan fingerprint density at radius 2 is 1.93 bits per heavy atom. The lowest BCUT2D eigenvalue weighted by molar-refractivity contribution is -0.136. The van der Waals surface area contributed by atoms with Crippen molar-refractivity contribution < 1.29 is 23.9 Å². The van der Waals surface area contributed by atoms with Crippen LogP contribution in [0, 0.1) is 0 Å². The molecule has 2 heterocycles. The second-order valence-electron chi connectivity index (χ2n) is 7.69. The van der Waals surface area contributed by atoms with Crippen LogP contribution in [-0.2, 0) is 14.3 Å². The summed E-state index contributed by atoms with van der Waals surface area (Å²) in [5.74, 6) is -0.748. The Morgan fingerprint density at radius 1 is 1.17 bits per heavy atom. The summed E-state index contributed by atoms with van der Waals surface area (Å²) in [4.78, 5) is 53.9. The molecule has 2 aliphatic heterocycles. The molecule has 1 saturated carbocycles. The summed E-state index contributed by atoms with van der Waals surface area (Å²) in [5.41, 5.74) is 0.289. The van der Waals surface area contributed by atoms with Gasteiger partial charge < -0.3 is 15.0 Å². The van der Waals surface area contributed by atoms with E-state index in [1.54, 1.807) is 31.3 Å². The third-order valence-corrected chi connectivity index (χ3v) is 5.99. The first-order valence-electron chi connectivity index (χ1n) is 9.86. The number of urea groups is 1. The molecule has 0 radical (unpaired) electrons. The summed E-state index contributed by atoms with van der Waals surface area (Å²) >= 11 is 0. The molecule has 29 heavy (non-hydrogen) atoms. The zero-order valence-corrected chi connectivity index (χ0v) is 16.3. The predicted octanol–water partition coefficient (Wildman–Crippen LogP) is 2.18. The van der Waals surface area contributed by atoms with Crippen LogP contribution in [0.5, 0.6) is 0 Å². The number of imide groups is 1. The molecule has 9 heteroatoms. The zero-order chi connectivity index (χ0) is 20.6. The van der Waals surface area contributed by atoms with Gasteiger partial charge in [-0.3, -0.25) is 19.4 Å². The van der Waals surface area contributed by atoms with Gasteiger partial charge in [0.1, 0.15) is 18.7 Å². The minimum absolute atomic E-state index is 0.284. The summed E-state index contributed by atoms with van der Waals surface area (Å²) in [6.45, 7) is 0.436. The Bertz CT molecular complexity index is 864. The van der Waals surface area contributed by atoms with Crippen molar-refractivity contribution in [1.82, 2.24) is 9.80 Å². The first-order valence-corrected chi connectivity index (χ1v) is 9.86. The fourth-order valence-electron chi connectivity index (χ4n) is 4.39. The highest BCUT2D eigenvalue weighted by molar-refractivity contribution is 6.10. The molecule has 0 atom stereocenters. The van der Waals surface area contributed by atoms with Crippen molar-refractivity contribution in [2.45, 2.75) is 37.6 Å². The number of anilines is 2. The van der Waals surface area contributed by atoms with Gasteiger partial charge in [0.15, 0.2) is 0 Å². The van der Waals surface area contributed by atoms with Gasteiger partial charge in [-0.15, -0.1) is 0 Å². The third kappa shape index (κ3) is 3.30. The van der Waals surface area contributed by atoms with Gasteiger partial charge in [0.2, 0.25) is 5.91 Å². The van der Waals surface area contributed by atoms with Crippen LogP contribution in [0.3, 0.4) is 0 Å². The molecule has 2 saturated heterocycles. The van der Waals surface area contributed by atoms with Gasteiger partial charge in [0.25, 0.3) is 5.91 Å². The smallest absolute Gasteiger partial charge is 0.414 e. The number of carbonyl (C=O) groups is 4. The van der Waals surface area contributed by atoms with Gasteiger partial charge >= 0.3 is 12.1 Å². The summed E-state index contributed by atoms with van der Waals surface area (Å²) in [6.07, 6.45) is 3.70. The molecule has 3 aliphatic rings. The van der Waals surface area contributed by atoms with Crippen LogP contribution in [0.25, 0.3) is 0 Å². The maximum atomic E-state index is 13.0. The second kappa shape index (κ2) is 7.38. The van der Waals surface area contributed by atoms with Crippen molar-refractivity contribution in [3.63, 3.8) is 0 Å². The number of hydrogen-bond donors (Lipinski definition) is 1. The maximum Gasteiger partial charge on any atom is 0.414 e. The highest BCUT2D eigenvalue weighted by atomic mass is 16.6. The molecule has 1 aromatic carbocycles. The van der Waals surface area contributed by atoms with Crippen LogP contribution in [0.2, 0.25) is 0 Å². The molecule has 0 aromatic heterocycles. The Balaban J connectivity index is 1.44. The van der Waals surface area contributed by atoms with Crippen LogP contribution in [0.15, 0.2) is 24.3 Å². The van der Waals surface area contributed by atoms with Crippen molar-refractivity contribution in [1.29, 1.82) is 0 Å². The van der Waals surface area contributed by atoms with Gasteiger partial charge in [-0.05, 0) is 31.0 Å². The fraction of sp³-hybridized carbons (Fsp3) is 0.500. The van der Waals surface area contributed by atoms with Crippen LogP contribution >= 0.6 is 0 Å². The van der Waals surface area contributed by atoms with Crippen LogP contribution in [0.4, 0.5) is 21.0 Å². The van der Waals surface area contributed by atoms with Crippen molar-refractivity contribution in [2.24, 2.45) is 0 Å². The first kappa shape index (κ1) is 19.2. The summed E-state index contributed by atoms with van der Waals surface area (Å²) < 4.78 is 4.93. The van der Waals surface area contributed by atoms with Crippen LogP contribution in [0.1, 0.15) is 32.1 Å². The Morgan fingerprint density at radius 3 is 2.62 bits per heavy atom. The van der Waals surface area contributed by atoms with E-state index in [4.69, 9.17) is 4.74 Å². The van der Waals surface area contributed by atoms with Gasteiger partial charge in [-0.1, -0.05) is 25.3 Å². The van der Waals surface area contributed by atoms with E-state index < -0.39 is 23.6 Å². The molecular formula is C20H24N4O5. The van der Waals surface area contributed by atoms with Gasteiger partial charge in [0.05, 0.1) is 6.54 Å². The lowest BCUT2D eigenvalue weighted by Gasteiger charge is -2.35. The molecule has 1 aliphatic carbocycles. The normalized spacial score (nSPS) is 21.1. The van der Waals surface area contributed by atoms with Crippen LogP contribution < -0.4 is 10.2 Å². The highest BCUT2D eigenvalue weighted by Gasteiger charge is 2.55. The summed E-state index contributed by atoms with van der Waals surface area (Å²) in [5, 5.41) is 2.71. The number of benzene rings is 1. The van der Waals surface area contributed by atoms with Gasteiger partial charge in [0, 0.05) is 18.4 Å². The van der Waals surface area contributed by atoms with E-state index in [1.807, 2.05) is 0 Å². The monoisotopic (exact) mass is 400 g/mol. The zero-order valence-electron chi connectivity index (χ0n) is 16.3. The summed E-state index contributed by atoms with van der Waals surface area (Å²) in [6, 6.07) is 6.38. The molecule has 0 unspecified atom stereocenters. The minimum Gasteiger partial charge on any atom is -0.447 e. The number of hydrogen-bond acceptors (Lipinski definition) is 5. The molecule has 1 aromatic rings. The van der Waals surface area contributed by atoms with Crippen molar-refractivity contribution in [3.05, 3.63) is 24.3 Å². The number of amides is 5. The maximum absolute atomic E-state index is 13.0. The number of likely N-dealkylation sites (N-methyl/N-ethyl adjacent to an activating group) is 1. The first-order chi connectivity index (χ1) is 13.9. The van der Waals surface area contributed by atoms with E-state index in [-0.39, 0.29) is 12.5 Å². The van der Waals surface area contributed by atoms with E-state index in [2.05, 4.69) is 5.32 Å². The average Bonchev–Trinajstić information content (AvgIpc) is 3.22. The summed E-state index contributed by atoms with van der Waals surface area (Å²) in [7, 11) is 1.64. The molecular weight excluding hydrogens is 376 g/mol. The molecule has 3 fully saturated rings. The SMILES string of the molecule is CN1C(=O)N(CC(=O)Nc2cccc(N3CCOC3=O)c2)C(=O)C12CCCCC2. The Labute approximate surface area is 168 Å². The molecule has 9 nitrogen and oxygen atoms in total. The van der Waals surface area contributed by atoms with Gasteiger partial charge in [-0.25, -0.2) is 9.59 Å². The number of rotatable bonds is 4. The van der Waals surface area contributed by atoms with E-state index in [1.165, 1.54) is 9.80 Å².